The Labute approximate surface area is 230 Å². The smallest absolute Gasteiger partial charge is 0.101 e. The van der Waals surface area contributed by atoms with E-state index in [-0.39, 0.29) is 12.1 Å². The lowest BCUT2D eigenvalue weighted by molar-refractivity contribution is 0.00454. The largest absolute Gasteiger partial charge is 0.393 e. The molecule has 0 amide bonds. The van der Waals surface area contributed by atoms with Gasteiger partial charge >= 0.3 is 0 Å². The van der Waals surface area contributed by atoms with Crippen LogP contribution in [-0.4, -0.2) is 17.3 Å². The highest BCUT2D eigenvalue weighted by Crippen LogP contribution is 2.46. The second kappa shape index (κ2) is 12.3. The van der Waals surface area contributed by atoms with Crippen LogP contribution in [0, 0.1) is 19.8 Å². The minimum Gasteiger partial charge on any atom is -0.393 e. The average Bonchev–Trinajstić information content (AvgIpc) is 2.86. The Balaban J connectivity index is 1.92. The van der Waals surface area contributed by atoms with Crippen molar-refractivity contribution in [1.82, 2.24) is 0 Å². The molecule has 1 aliphatic rings. The molecule has 38 heavy (non-hydrogen) atoms. The lowest BCUT2D eigenvalue weighted by Gasteiger charge is -2.40. The predicted molar refractivity (Wildman–Crippen MR) is 161 cm³/mol. The lowest BCUT2D eigenvalue weighted by atomic mass is 9.84. The van der Waals surface area contributed by atoms with E-state index in [1.54, 1.807) is 0 Å². The number of rotatable bonds is 10. The van der Waals surface area contributed by atoms with E-state index in [9.17, 15) is 5.11 Å². The first-order valence-electron chi connectivity index (χ1n) is 14.3. The van der Waals surface area contributed by atoms with Crippen molar-refractivity contribution >= 4 is 11.3 Å². The van der Waals surface area contributed by atoms with Gasteiger partial charge in [0, 0.05) is 12.0 Å². The molecule has 1 heterocycles. The Kier molecular flexibility index (Phi) is 9.12. The third-order valence-corrected chi connectivity index (χ3v) is 7.36. The lowest BCUT2D eigenvalue weighted by Crippen LogP contribution is -2.36. The van der Waals surface area contributed by atoms with Crippen LogP contribution in [0.4, 0.5) is 5.69 Å². The van der Waals surface area contributed by atoms with Crippen LogP contribution in [0.5, 0.6) is 0 Å². The molecule has 0 aromatic heterocycles. The standard InChI is InChI=1S/C35H45NO2/c1-8-12-31-25(5)18-24(4)19-33(31)35-22-30(17-23(2)3)32-21-29(28-13-10-9-11-14-28)15-16-34(32)36(35)38-27(7)20-26(6)37/h9-11,13-16,18-19,21-23,26-27,35,37H,8,12,17,20H2,1-7H3. The van der Waals surface area contributed by atoms with E-state index >= 15 is 0 Å². The molecule has 0 saturated carbocycles. The molecule has 3 aromatic carbocycles. The molecule has 3 atom stereocenters. The summed E-state index contributed by atoms with van der Waals surface area (Å²) in [6.45, 7) is 15.2. The first-order valence-corrected chi connectivity index (χ1v) is 14.3. The molecule has 3 heteroatoms. The van der Waals surface area contributed by atoms with Crippen molar-refractivity contribution in [2.24, 2.45) is 5.92 Å². The van der Waals surface area contributed by atoms with Gasteiger partial charge in [-0.3, -0.25) is 4.84 Å². The molecule has 0 spiro atoms. The summed E-state index contributed by atoms with van der Waals surface area (Å²) in [6.07, 6.45) is 5.63. The monoisotopic (exact) mass is 511 g/mol. The predicted octanol–water partition coefficient (Wildman–Crippen LogP) is 9.00. The Morgan fingerprint density at radius 3 is 2.32 bits per heavy atom. The first-order chi connectivity index (χ1) is 18.2. The summed E-state index contributed by atoms with van der Waals surface area (Å²) in [5.41, 5.74) is 11.5. The van der Waals surface area contributed by atoms with Crippen LogP contribution in [0.2, 0.25) is 0 Å². The Morgan fingerprint density at radius 1 is 0.921 bits per heavy atom. The van der Waals surface area contributed by atoms with E-state index < -0.39 is 6.10 Å². The first kappa shape index (κ1) is 28.1. The van der Waals surface area contributed by atoms with Crippen molar-refractivity contribution in [2.45, 2.75) is 92.4 Å². The topological polar surface area (TPSA) is 32.7 Å². The molecule has 0 saturated heterocycles. The van der Waals surface area contributed by atoms with Crippen molar-refractivity contribution in [2.75, 3.05) is 5.06 Å². The van der Waals surface area contributed by atoms with Crippen molar-refractivity contribution in [1.29, 1.82) is 0 Å². The number of hydroxylamine groups is 1. The maximum atomic E-state index is 10.1. The summed E-state index contributed by atoms with van der Waals surface area (Å²) in [7, 11) is 0. The zero-order valence-electron chi connectivity index (χ0n) is 24.3. The van der Waals surface area contributed by atoms with Gasteiger partial charge in [-0.25, -0.2) is 5.06 Å². The zero-order valence-corrected chi connectivity index (χ0v) is 24.3. The maximum absolute atomic E-state index is 10.1. The van der Waals surface area contributed by atoms with Crippen molar-refractivity contribution in [3.63, 3.8) is 0 Å². The van der Waals surface area contributed by atoms with Crippen LogP contribution in [-0.2, 0) is 11.3 Å². The average molecular weight is 512 g/mol. The molecule has 0 aliphatic carbocycles. The number of nitrogens with zero attached hydrogens (tertiary/aromatic N) is 1. The number of anilines is 1. The number of benzene rings is 3. The SMILES string of the molecule is CCCc1c(C)cc(C)cc1C1C=C(CC(C)C)c2cc(-c3ccccc3)ccc2N1OC(C)CC(C)O. The highest BCUT2D eigenvalue weighted by Gasteiger charge is 2.32. The minimum absolute atomic E-state index is 0.0320. The third-order valence-electron chi connectivity index (χ3n) is 7.36. The highest BCUT2D eigenvalue weighted by molar-refractivity contribution is 5.84. The Bertz CT molecular complexity index is 1260. The van der Waals surface area contributed by atoms with Crippen LogP contribution in [0.15, 0.2) is 66.7 Å². The van der Waals surface area contributed by atoms with Crippen LogP contribution in [0.3, 0.4) is 0 Å². The second-order valence-electron chi connectivity index (χ2n) is 11.6. The van der Waals surface area contributed by atoms with Gasteiger partial charge in [0.1, 0.15) is 6.04 Å². The number of aliphatic hydroxyl groups is 1. The van der Waals surface area contributed by atoms with Gasteiger partial charge in [0.2, 0.25) is 0 Å². The fourth-order valence-corrected chi connectivity index (χ4v) is 5.85. The molecule has 0 fully saturated rings. The molecular weight excluding hydrogens is 466 g/mol. The van der Waals surface area contributed by atoms with Crippen LogP contribution >= 0.6 is 0 Å². The summed E-state index contributed by atoms with van der Waals surface area (Å²) in [4.78, 5) is 6.74. The minimum atomic E-state index is -0.419. The molecule has 0 radical (unpaired) electrons. The molecule has 1 N–H and O–H groups in total. The van der Waals surface area contributed by atoms with Crippen molar-refractivity contribution < 1.29 is 9.94 Å². The summed E-state index contributed by atoms with van der Waals surface area (Å²) < 4.78 is 0. The van der Waals surface area contributed by atoms with E-state index in [1.807, 2.05) is 6.92 Å². The van der Waals surface area contributed by atoms with E-state index in [0.29, 0.717) is 12.3 Å². The summed E-state index contributed by atoms with van der Waals surface area (Å²) in [5.74, 6) is 0.533. The van der Waals surface area contributed by atoms with Crippen molar-refractivity contribution in [3.05, 3.63) is 94.6 Å². The molecular formula is C35H45NO2. The fraction of sp³-hybridized carbons (Fsp3) is 0.429. The number of hydrogen-bond acceptors (Lipinski definition) is 3. The normalized spacial score (nSPS) is 16.8. The maximum Gasteiger partial charge on any atom is 0.101 e. The van der Waals surface area contributed by atoms with E-state index in [2.05, 4.69) is 113 Å². The number of fused-ring (bicyclic) bond motifs is 1. The number of allylic oxidation sites excluding steroid dienone is 1. The fourth-order valence-electron chi connectivity index (χ4n) is 5.85. The number of aryl methyl sites for hydroxylation is 2. The van der Waals surface area contributed by atoms with Gasteiger partial charge in [0.05, 0.1) is 17.9 Å². The van der Waals surface area contributed by atoms with Gasteiger partial charge in [-0.2, -0.15) is 0 Å². The van der Waals surface area contributed by atoms with Crippen LogP contribution < -0.4 is 5.06 Å². The van der Waals surface area contributed by atoms with E-state index in [1.165, 1.54) is 44.5 Å². The van der Waals surface area contributed by atoms with Gasteiger partial charge in [0.25, 0.3) is 0 Å². The molecule has 3 nitrogen and oxygen atoms in total. The quantitative estimate of drug-likeness (QED) is 0.295. The number of aliphatic hydroxyl groups excluding tert-OH is 1. The van der Waals surface area contributed by atoms with E-state index in [4.69, 9.17) is 4.84 Å². The molecule has 0 bridgehead atoms. The summed E-state index contributed by atoms with van der Waals surface area (Å²) in [6, 6.07) is 22.0. The van der Waals surface area contributed by atoms with Crippen molar-refractivity contribution in [3.8, 4) is 11.1 Å². The van der Waals surface area contributed by atoms with E-state index in [0.717, 1.165) is 24.9 Å². The van der Waals surface area contributed by atoms with Gasteiger partial charge < -0.3 is 5.11 Å². The second-order valence-corrected chi connectivity index (χ2v) is 11.6. The Hall–Kier alpha value is -2.88. The molecule has 1 aliphatic heterocycles. The van der Waals surface area contributed by atoms with Crippen LogP contribution in [0.1, 0.15) is 87.7 Å². The van der Waals surface area contributed by atoms with Gasteiger partial charge in [-0.15, -0.1) is 0 Å². The number of hydrogen-bond donors (Lipinski definition) is 1. The van der Waals surface area contributed by atoms with Gasteiger partial charge in [-0.05, 0) is 92.0 Å². The van der Waals surface area contributed by atoms with Gasteiger partial charge in [0.15, 0.2) is 0 Å². The highest BCUT2D eigenvalue weighted by atomic mass is 16.7. The Morgan fingerprint density at radius 2 is 1.66 bits per heavy atom. The molecule has 3 aromatic rings. The molecule has 4 rings (SSSR count). The summed E-state index contributed by atoms with van der Waals surface area (Å²) >= 11 is 0. The van der Waals surface area contributed by atoms with Gasteiger partial charge in [-0.1, -0.05) is 87.4 Å². The molecule has 3 unspecified atom stereocenters. The summed E-state index contributed by atoms with van der Waals surface area (Å²) in [5, 5.41) is 12.2. The molecule has 202 valence electrons. The third kappa shape index (κ3) is 6.39. The zero-order chi connectivity index (χ0) is 27.4. The van der Waals surface area contributed by atoms with Crippen LogP contribution in [0.25, 0.3) is 16.7 Å².